The lowest BCUT2D eigenvalue weighted by atomic mass is 9.69. The summed E-state index contributed by atoms with van der Waals surface area (Å²) in [5.41, 5.74) is 0. The zero-order valence-electron chi connectivity index (χ0n) is 19.0. The fraction of sp³-hybridized carbons (Fsp3) is 0.833. The maximum Gasteiger partial charge on any atom is 0.303 e. The van der Waals surface area contributed by atoms with Gasteiger partial charge in [0.1, 0.15) is 0 Å². The van der Waals surface area contributed by atoms with E-state index in [-0.39, 0.29) is 48.1 Å². The molecule has 192 valence electrons. The van der Waals surface area contributed by atoms with E-state index in [0.717, 1.165) is 51.4 Å². The smallest absolute Gasteiger partial charge is 0.303 e. The quantitative estimate of drug-likeness (QED) is 0.249. The van der Waals surface area contributed by atoms with Crippen LogP contribution in [0.15, 0.2) is 0 Å². The number of halogens is 4. The molecule has 6 atom stereocenters. The first kappa shape index (κ1) is 28.0. The highest BCUT2D eigenvalue weighted by atomic mass is 35.5. The van der Waals surface area contributed by atoms with Gasteiger partial charge in [-0.2, -0.15) is 0 Å². The number of rotatable bonds is 10. The van der Waals surface area contributed by atoms with Crippen LogP contribution in [0.25, 0.3) is 0 Å². The molecule has 10 heteroatoms. The summed E-state index contributed by atoms with van der Waals surface area (Å²) < 4.78 is -2.28. The van der Waals surface area contributed by atoms with E-state index in [1.165, 1.54) is 0 Å². The van der Waals surface area contributed by atoms with Crippen molar-refractivity contribution in [3.63, 3.8) is 0 Å². The zero-order valence-corrected chi connectivity index (χ0v) is 22.0. The summed E-state index contributed by atoms with van der Waals surface area (Å²) in [5, 5.41) is 17.1. The van der Waals surface area contributed by atoms with Crippen LogP contribution in [0.3, 0.4) is 0 Å². The van der Waals surface area contributed by atoms with Gasteiger partial charge in [-0.15, -0.1) is 0 Å². The lowest BCUT2D eigenvalue weighted by Gasteiger charge is -2.43. The normalized spacial score (nSPS) is 34.2. The Morgan fingerprint density at radius 1 is 0.676 bits per heavy atom. The predicted molar refractivity (Wildman–Crippen MR) is 131 cm³/mol. The molecule has 4 saturated carbocycles. The molecule has 0 bridgehead atoms. The number of hydrogen-bond acceptors (Lipinski definition) is 4. The minimum Gasteiger partial charge on any atom is -0.481 e. The van der Waals surface area contributed by atoms with Crippen molar-refractivity contribution in [1.82, 2.24) is 0 Å². The first-order chi connectivity index (χ1) is 15.9. The van der Waals surface area contributed by atoms with Crippen LogP contribution >= 0.6 is 46.4 Å². The second-order valence-electron chi connectivity index (χ2n) is 10.2. The molecule has 4 fully saturated rings. The Balaban J connectivity index is 0.000000191. The summed E-state index contributed by atoms with van der Waals surface area (Å²) in [6.07, 6.45) is 9.21. The van der Waals surface area contributed by atoms with E-state index in [9.17, 15) is 19.2 Å². The maximum atomic E-state index is 11.8. The number of Topliss-reactive ketones (excluding diaryl/α,β-unsaturated/α-hetero) is 2. The number of unbranched alkanes of at least 4 members (excludes halogenated alkanes) is 2. The van der Waals surface area contributed by atoms with Gasteiger partial charge >= 0.3 is 11.9 Å². The Bertz CT molecular complexity index is 747. The molecule has 4 aliphatic rings. The topological polar surface area (TPSA) is 109 Å². The lowest BCUT2D eigenvalue weighted by Crippen LogP contribution is -2.55. The average Bonchev–Trinajstić information content (AvgIpc) is 3.36. The molecule has 2 N–H and O–H groups in total. The zero-order chi connectivity index (χ0) is 25.3. The van der Waals surface area contributed by atoms with Crippen molar-refractivity contribution in [2.75, 3.05) is 0 Å². The van der Waals surface area contributed by atoms with Gasteiger partial charge in [0.2, 0.25) is 0 Å². The molecule has 0 heterocycles. The Hall–Kier alpha value is -0.560. The highest BCUT2D eigenvalue weighted by Gasteiger charge is 2.65. The van der Waals surface area contributed by atoms with Gasteiger partial charge in [-0.25, -0.2) is 0 Å². The molecule has 0 aromatic carbocycles. The van der Waals surface area contributed by atoms with Gasteiger partial charge in [-0.1, -0.05) is 59.2 Å². The molecule has 4 rings (SSSR count). The summed E-state index contributed by atoms with van der Waals surface area (Å²) in [4.78, 5) is 44.3. The van der Waals surface area contributed by atoms with Gasteiger partial charge in [-0.05, 0) is 63.2 Å². The Labute approximate surface area is 220 Å². The van der Waals surface area contributed by atoms with Crippen LogP contribution in [-0.2, 0) is 19.2 Å². The third kappa shape index (κ3) is 5.71. The third-order valence-corrected chi connectivity index (χ3v) is 10.1. The van der Waals surface area contributed by atoms with Crippen LogP contribution in [0.2, 0.25) is 0 Å². The number of carboxylic acids is 2. The molecular formula is C24H32Cl4O6. The van der Waals surface area contributed by atoms with Crippen LogP contribution in [0.1, 0.15) is 77.0 Å². The van der Waals surface area contributed by atoms with Crippen LogP contribution in [0.5, 0.6) is 0 Å². The number of alkyl halides is 4. The molecule has 0 saturated heterocycles. The number of fused-ring (bicyclic) bond motifs is 2. The van der Waals surface area contributed by atoms with Crippen molar-refractivity contribution in [1.29, 1.82) is 0 Å². The highest BCUT2D eigenvalue weighted by molar-refractivity contribution is 6.61. The van der Waals surface area contributed by atoms with Crippen molar-refractivity contribution in [3.8, 4) is 0 Å². The third-order valence-electron chi connectivity index (χ3n) is 8.20. The summed E-state index contributed by atoms with van der Waals surface area (Å²) in [5.74, 6) is -0.489. The summed E-state index contributed by atoms with van der Waals surface area (Å²) in [6.45, 7) is 0. The van der Waals surface area contributed by atoms with Crippen LogP contribution < -0.4 is 0 Å². The summed E-state index contributed by atoms with van der Waals surface area (Å²) >= 11 is 23.8. The Morgan fingerprint density at radius 3 is 1.35 bits per heavy atom. The first-order valence-corrected chi connectivity index (χ1v) is 13.7. The van der Waals surface area contributed by atoms with Crippen molar-refractivity contribution < 1.29 is 29.4 Å². The molecule has 0 aromatic heterocycles. The Kier molecular flexibility index (Phi) is 9.25. The first-order valence-electron chi connectivity index (χ1n) is 12.2. The molecule has 0 radical (unpaired) electrons. The van der Waals surface area contributed by atoms with Gasteiger partial charge < -0.3 is 10.2 Å². The largest absolute Gasteiger partial charge is 0.481 e. The van der Waals surface area contributed by atoms with E-state index in [2.05, 4.69) is 0 Å². The van der Waals surface area contributed by atoms with Crippen molar-refractivity contribution >= 4 is 69.9 Å². The molecular weight excluding hydrogens is 526 g/mol. The molecule has 0 amide bonds. The SMILES string of the molecule is O=C(O)CCCCC1CCC2C1C(=O)C2(Cl)Cl.O=C(O)CCCCC1CCC2C1C(=O)C2(Cl)Cl. The molecule has 0 aliphatic heterocycles. The van der Waals surface area contributed by atoms with E-state index in [1.807, 2.05) is 0 Å². The predicted octanol–water partition coefficient (Wildman–Crippen LogP) is 6.06. The van der Waals surface area contributed by atoms with Crippen molar-refractivity contribution in [2.45, 2.75) is 85.7 Å². The highest BCUT2D eigenvalue weighted by Crippen LogP contribution is 2.60. The maximum absolute atomic E-state index is 11.8. The average molecular weight is 558 g/mol. The minimum absolute atomic E-state index is 0.0217. The van der Waals surface area contributed by atoms with E-state index in [0.29, 0.717) is 24.7 Å². The number of aliphatic carboxylic acids is 2. The molecule has 6 nitrogen and oxygen atoms in total. The van der Waals surface area contributed by atoms with Gasteiger partial charge in [-0.3, -0.25) is 19.2 Å². The molecule has 0 spiro atoms. The number of carboxylic acid groups (broad SMARTS) is 2. The monoisotopic (exact) mass is 556 g/mol. The molecule has 0 aromatic rings. The van der Waals surface area contributed by atoms with Gasteiger partial charge in [0.05, 0.1) is 0 Å². The van der Waals surface area contributed by atoms with Crippen molar-refractivity contribution in [3.05, 3.63) is 0 Å². The van der Waals surface area contributed by atoms with Crippen LogP contribution in [0, 0.1) is 35.5 Å². The molecule has 6 unspecified atom stereocenters. The number of carbonyl (C=O) groups excluding carboxylic acids is 2. The van der Waals surface area contributed by atoms with E-state index < -0.39 is 20.6 Å². The van der Waals surface area contributed by atoms with Gasteiger partial charge in [0, 0.05) is 36.5 Å². The second-order valence-corrected chi connectivity index (χ2v) is 13.0. The van der Waals surface area contributed by atoms with Gasteiger partial charge in [0.15, 0.2) is 20.2 Å². The fourth-order valence-corrected chi connectivity index (χ4v) is 7.88. The van der Waals surface area contributed by atoms with E-state index in [4.69, 9.17) is 56.6 Å². The summed E-state index contributed by atoms with van der Waals surface area (Å²) in [7, 11) is 0. The van der Waals surface area contributed by atoms with E-state index >= 15 is 0 Å². The number of carbonyl (C=O) groups is 4. The van der Waals surface area contributed by atoms with E-state index in [1.54, 1.807) is 0 Å². The van der Waals surface area contributed by atoms with Gasteiger partial charge in [0.25, 0.3) is 0 Å². The van der Waals surface area contributed by atoms with Crippen LogP contribution in [0.4, 0.5) is 0 Å². The second kappa shape index (κ2) is 11.2. The molecule has 4 aliphatic carbocycles. The number of ketones is 2. The lowest BCUT2D eigenvalue weighted by molar-refractivity contribution is -0.138. The molecule has 34 heavy (non-hydrogen) atoms. The Morgan fingerprint density at radius 2 is 1.03 bits per heavy atom. The minimum atomic E-state index is -1.14. The van der Waals surface area contributed by atoms with Crippen LogP contribution in [-0.4, -0.2) is 42.4 Å². The standard InChI is InChI=1S/2C12H16Cl2O3/c2*13-12(14)8-6-5-7(10(8)11(12)17)3-1-2-4-9(15)16/h2*7-8,10H,1-6H2,(H,15,16). The summed E-state index contributed by atoms with van der Waals surface area (Å²) in [6, 6.07) is 0. The van der Waals surface area contributed by atoms with Crippen molar-refractivity contribution in [2.24, 2.45) is 35.5 Å². The number of hydrogen-bond donors (Lipinski definition) is 2. The fourth-order valence-electron chi connectivity index (χ4n) is 6.40.